The zero-order chi connectivity index (χ0) is 14.9. The number of nitrogens with one attached hydrogen (secondary N) is 1. The average molecular weight is 283 g/mol. The topological polar surface area (TPSA) is 19.6 Å². The van der Waals surface area contributed by atoms with Crippen LogP contribution in [0.3, 0.4) is 0 Å². The molecule has 104 valence electrons. The quantitative estimate of drug-likeness (QED) is 0.448. The molecule has 0 radical (unpaired) electrons. The zero-order valence-electron chi connectivity index (χ0n) is 11.8. The Bertz CT molecular complexity index is 830. The molecule has 0 bridgehead atoms. The number of hydrogen-bond acceptors (Lipinski definition) is 2. The summed E-state index contributed by atoms with van der Waals surface area (Å²) in [5.74, 6) is 0. The first-order valence-corrected chi connectivity index (χ1v) is 7.09. The van der Waals surface area contributed by atoms with Crippen molar-refractivity contribution in [1.82, 2.24) is 0 Å². The highest BCUT2D eigenvalue weighted by Gasteiger charge is 2.22. The molecule has 0 saturated carbocycles. The third-order valence-electron chi connectivity index (χ3n) is 3.80. The first-order chi connectivity index (χ1) is 10.9. The van der Waals surface area contributed by atoms with Crippen LogP contribution in [0.25, 0.3) is 4.85 Å². The summed E-state index contributed by atoms with van der Waals surface area (Å²) < 4.78 is 0. The Hall–Kier alpha value is -3.25. The van der Waals surface area contributed by atoms with Crippen molar-refractivity contribution in [2.24, 2.45) is 0 Å². The van der Waals surface area contributed by atoms with Gasteiger partial charge >= 0.3 is 0 Å². The van der Waals surface area contributed by atoms with E-state index in [1.54, 1.807) is 0 Å². The summed E-state index contributed by atoms with van der Waals surface area (Å²) in [7, 11) is 0. The highest BCUT2D eigenvalue weighted by Crippen LogP contribution is 2.47. The number of nitrogens with zero attached hydrogens (tertiary/aromatic N) is 2. The van der Waals surface area contributed by atoms with Crippen molar-refractivity contribution in [3.8, 4) is 0 Å². The third kappa shape index (κ3) is 1.90. The lowest BCUT2D eigenvalue weighted by Crippen LogP contribution is -2.17. The van der Waals surface area contributed by atoms with Gasteiger partial charge in [0.25, 0.3) is 0 Å². The van der Waals surface area contributed by atoms with E-state index in [4.69, 9.17) is 6.57 Å². The molecule has 1 N–H and O–H groups in total. The van der Waals surface area contributed by atoms with Gasteiger partial charge in [-0.15, -0.1) is 0 Å². The van der Waals surface area contributed by atoms with Crippen LogP contribution in [0.4, 0.5) is 34.1 Å². The summed E-state index contributed by atoms with van der Waals surface area (Å²) in [6.45, 7) is 7.09. The molecule has 3 aromatic rings. The van der Waals surface area contributed by atoms with Crippen molar-refractivity contribution in [3.05, 3.63) is 84.2 Å². The van der Waals surface area contributed by atoms with Gasteiger partial charge in [-0.2, -0.15) is 0 Å². The van der Waals surface area contributed by atoms with Gasteiger partial charge in [-0.05, 0) is 36.4 Å². The Morgan fingerprint density at radius 3 is 1.82 bits per heavy atom. The van der Waals surface area contributed by atoms with Crippen molar-refractivity contribution in [2.75, 3.05) is 10.2 Å². The second-order valence-electron chi connectivity index (χ2n) is 5.12. The van der Waals surface area contributed by atoms with Crippen LogP contribution >= 0.6 is 0 Å². The van der Waals surface area contributed by atoms with E-state index < -0.39 is 0 Å². The maximum Gasteiger partial charge on any atom is 0.187 e. The fourth-order valence-electron chi connectivity index (χ4n) is 2.78. The maximum atomic E-state index is 7.09. The largest absolute Gasteiger partial charge is 0.352 e. The van der Waals surface area contributed by atoms with E-state index in [-0.39, 0.29) is 0 Å². The Balaban J connectivity index is 1.92. The minimum absolute atomic E-state index is 0.653. The lowest BCUT2D eigenvalue weighted by atomic mass is 10.1. The molecule has 22 heavy (non-hydrogen) atoms. The molecule has 3 nitrogen and oxygen atoms in total. The van der Waals surface area contributed by atoms with E-state index in [9.17, 15) is 0 Å². The molecule has 1 aliphatic heterocycles. The van der Waals surface area contributed by atoms with Gasteiger partial charge in [0.05, 0.1) is 29.3 Å². The second kappa shape index (κ2) is 4.94. The minimum atomic E-state index is 0.653. The van der Waals surface area contributed by atoms with Gasteiger partial charge in [0.2, 0.25) is 0 Å². The summed E-state index contributed by atoms with van der Waals surface area (Å²) in [5.41, 5.74) is 6.08. The molecular weight excluding hydrogens is 270 g/mol. The first kappa shape index (κ1) is 12.5. The van der Waals surface area contributed by atoms with E-state index in [1.807, 2.05) is 48.5 Å². The monoisotopic (exact) mass is 283 g/mol. The lowest BCUT2D eigenvalue weighted by molar-refractivity contribution is 1.25. The molecule has 0 unspecified atom stereocenters. The molecule has 3 aromatic carbocycles. The van der Waals surface area contributed by atoms with Crippen LogP contribution < -0.4 is 10.2 Å². The zero-order valence-corrected chi connectivity index (χ0v) is 11.8. The van der Waals surface area contributed by atoms with Crippen molar-refractivity contribution in [1.29, 1.82) is 0 Å². The highest BCUT2D eigenvalue weighted by atomic mass is 15.2. The van der Waals surface area contributed by atoms with Crippen molar-refractivity contribution in [3.63, 3.8) is 0 Å². The molecule has 0 saturated heterocycles. The number of hydrogen-bond donors (Lipinski definition) is 1. The van der Waals surface area contributed by atoms with Crippen LogP contribution in [0.15, 0.2) is 72.8 Å². The number of benzene rings is 3. The summed E-state index contributed by atoms with van der Waals surface area (Å²) in [4.78, 5) is 5.68. The average Bonchev–Trinajstić information content (AvgIpc) is 2.60. The van der Waals surface area contributed by atoms with Crippen LogP contribution in [0.5, 0.6) is 0 Å². The summed E-state index contributed by atoms with van der Waals surface area (Å²) in [6, 6.07) is 24.2. The highest BCUT2D eigenvalue weighted by molar-refractivity contribution is 5.96. The summed E-state index contributed by atoms with van der Waals surface area (Å²) >= 11 is 0. The molecular formula is C19H13N3. The van der Waals surface area contributed by atoms with Gasteiger partial charge in [0.1, 0.15) is 0 Å². The molecule has 0 fully saturated rings. The molecule has 0 aromatic heterocycles. The SMILES string of the molecule is [C-]#[N+]c1ccc(N2c3ccccc3Nc3ccccc32)cc1. The van der Waals surface area contributed by atoms with Crippen molar-refractivity contribution >= 4 is 34.1 Å². The summed E-state index contributed by atoms with van der Waals surface area (Å²) in [5, 5.41) is 3.47. The predicted molar refractivity (Wildman–Crippen MR) is 90.7 cm³/mol. The number of rotatable bonds is 1. The standard InChI is InChI=1S/C19H13N3/c1-20-14-10-12-15(13-11-14)22-18-8-4-2-6-16(18)21-17-7-3-5-9-19(17)22/h2-13,21H. The Morgan fingerprint density at radius 1 is 0.727 bits per heavy atom. The van der Waals surface area contributed by atoms with Gasteiger partial charge < -0.3 is 10.2 Å². The second-order valence-corrected chi connectivity index (χ2v) is 5.12. The molecule has 1 aliphatic rings. The number of fused-ring (bicyclic) bond motifs is 2. The van der Waals surface area contributed by atoms with Gasteiger partial charge in [-0.3, -0.25) is 0 Å². The van der Waals surface area contributed by atoms with Crippen LogP contribution in [-0.2, 0) is 0 Å². The smallest absolute Gasteiger partial charge is 0.187 e. The fourth-order valence-corrected chi connectivity index (χ4v) is 2.78. The van der Waals surface area contributed by atoms with Gasteiger partial charge in [0, 0.05) is 5.69 Å². The van der Waals surface area contributed by atoms with Gasteiger partial charge in [0.15, 0.2) is 5.69 Å². The van der Waals surface area contributed by atoms with E-state index in [0.717, 1.165) is 28.4 Å². The first-order valence-electron chi connectivity index (χ1n) is 7.09. The maximum absolute atomic E-state index is 7.09. The van der Waals surface area contributed by atoms with E-state index >= 15 is 0 Å². The molecule has 0 spiro atoms. The van der Waals surface area contributed by atoms with E-state index in [2.05, 4.69) is 39.3 Å². The van der Waals surface area contributed by atoms with Crippen LogP contribution in [0.2, 0.25) is 0 Å². The predicted octanol–water partition coefficient (Wildman–Crippen LogP) is 5.76. The van der Waals surface area contributed by atoms with Crippen molar-refractivity contribution < 1.29 is 0 Å². The third-order valence-corrected chi connectivity index (χ3v) is 3.80. The Morgan fingerprint density at radius 2 is 1.27 bits per heavy atom. The number of anilines is 5. The molecule has 0 amide bonds. The molecule has 0 aliphatic carbocycles. The van der Waals surface area contributed by atoms with E-state index in [1.165, 1.54) is 0 Å². The van der Waals surface area contributed by atoms with Crippen molar-refractivity contribution in [2.45, 2.75) is 0 Å². The van der Waals surface area contributed by atoms with Crippen LogP contribution in [0.1, 0.15) is 0 Å². The van der Waals surface area contributed by atoms with Gasteiger partial charge in [-0.1, -0.05) is 36.4 Å². The van der Waals surface area contributed by atoms with Gasteiger partial charge in [-0.25, -0.2) is 4.85 Å². The number of para-hydroxylation sites is 4. The Labute approximate surface area is 129 Å². The fraction of sp³-hybridized carbons (Fsp3) is 0. The van der Waals surface area contributed by atoms with E-state index in [0.29, 0.717) is 5.69 Å². The summed E-state index contributed by atoms with van der Waals surface area (Å²) in [6.07, 6.45) is 0. The minimum Gasteiger partial charge on any atom is -0.352 e. The molecule has 4 rings (SSSR count). The normalized spacial score (nSPS) is 11.9. The Kier molecular flexibility index (Phi) is 2.80. The molecule has 0 atom stereocenters. The molecule has 3 heteroatoms. The molecule has 1 heterocycles. The lowest BCUT2D eigenvalue weighted by Gasteiger charge is -2.33. The van der Waals surface area contributed by atoms with Crippen LogP contribution in [-0.4, -0.2) is 0 Å². The van der Waals surface area contributed by atoms with Crippen LogP contribution in [0, 0.1) is 6.57 Å².